The van der Waals surface area contributed by atoms with Crippen LogP contribution in [0, 0.1) is 27.2 Å². The highest BCUT2D eigenvalue weighted by Gasteiger charge is 2.33. The van der Waals surface area contributed by atoms with Gasteiger partial charge in [-0.25, -0.2) is 18.5 Å². The van der Waals surface area contributed by atoms with Crippen molar-refractivity contribution in [3.05, 3.63) is 67.2 Å². The average molecular weight is 499 g/mol. The maximum absolute atomic E-state index is 13.4. The lowest BCUT2D eigenvalue weighted by molar-refractivity contribution is -0.485. The van der Waals surface area contributed by atoms with Crippen LogP contribution in [0.1, 0.15) is 5.56 Å². The zero-order chi connectivity index (χ0) is 24.3. The van der Waals surface area contributed by atoms with Crippen LogP contribution >= 0.6 is 11.6 Å². The molecule has 1 aliphatic rings. The molecule has 1 saturated heterocycles. The summed E-state index contributed by atoms with van der Waals surface area (Å²) in [5, 5.41) is 24.2. The molecule has 0 unspecified atom stereocenters. The molecule has 1 fully saturated rings. The normalized spacial score (nSPS) is 15.3. The fraction of sp³-hybridized carbons (Fsp3) is 0.278. The minimum absolute atomic E-state index is 0.0427. The number of nitrogens with two attached hydrogens (primary N) is 1. The predicted molar refractivity (Wildman–Crippen MR) is 118 cm³/mol. The van der Waals surface area contributed by atoms with E-state index in [0.29, 0.717) is 5.02 Å². The Bertz CT molecular complexity index is 1210. The maximum Gasteiger partial charge on any atom is 0.271 e. The summed E-state index contributed by atoms with van der Waals surface area (Å²) in [4.78, 5) is 22.0. The molecule has 0 radical (unpaired) electrons. The number of hydrogen-bond acceptors (Lipinski definition) is 7. The molecule has 2 aromatic rings. The molecule has 15 heteroatoms. The quantitative estimate of drug-likeness (QED) is 0.270. The van der Waals surface area contributed by atoms with Gasteiger partial charge in [0, 0.05) is 43.3 Å². The summed E-state index contributed by atoms with van der Waals surface area (Å²) in [7, 11) is -4.23. The lowest BCUT2D eigenvalue weighted by atomic mass is 10.2. The molecule has 0 saturated carbocycles. The van der Waals surface area contributed by atoms with Crippen molar-refractivity contribution in [1.29, 1.82) is 0 Å². The summed E-state index contributed by atoms with van der Waals surface area (Å²) >= 11 is 6.04. The number of ether oxygens (including phenoxy) is 1. The first-order chi connectivity index (χ1) is 15.5. The number of benzene rings is 2. The van der Waals surface area contributed by atoms with E-state index in [9.17, 15) is 28.6 Å². The van der Waals surface area contributed by atoms with Crippen molar-refractivity contribution in [2.75, 3.05) is 26.2 Å². The van der Waals surface area contributed by atoms with Crippen molar-refractivity contribution >= 4 is 33.3 Å². The van der Waals surface area contributed by atoms with Crippen LogP contribution in [-0.2, 0) is 10.0 Å². The van der Waals surface area contributed by atoms with Crippen LogP contribution in [0.5, 0.6) is 11.5 Å². The van der Waals surface area contributed by atoms with Gasteiger partial charge in [-0.15, -0.1) is 0 Å². The monoisotopic (exact) mass is 498 g/mol. The number of aryl methyl sites for hydroxylation is 1. The van der Waals surface area contributed by atoms with E-state index in [1.807, 2.05) is 0 Å². The van der Waals surface area contributed by atoms with Gasteiger partial charge in [0.2, 0.25) is 10.0 Å². The zero-order valence-corrected chi connectivity index (χ0v) is 18.8. The van der Waals surface area contributed by atoms with E-state index in [1.54, 1.807) is 19.1 Å². The van der Waals surface area contributed by atoms with Crippen LogP contribution in [0.2, 0.25) is 5.02 Å². The van der Waals surface area contributed by atoms with E-state index in [-0.39, 0.29) is 43.6 Å². The molecule has 1 aliphatic heterocycles. The molecule has 0 atom stereocenters. The van der Waals surface area contributed by atoms with Gasteiger partial charge in [-0.1, -0.05) is 11.6 Å². The number of sulfonamides is 1. The Morgan fingerprint density at radius 3 is 2.36 bits per heavy atom. The fourth-order valence-electron chi connectivity index (χ4n) is 3.23. The molecule has 2 aromatic carbocycles. The number of rotatable bonds is 6. The van der Waals surface area contributed by atoms with Gasteiger partial charge in [0.25, 0.3) is 11.6 Å². The van der Waals surface area contributed by atoms with Gasteiger partial charge in [-0.3, -0.25) is 10.1 Å². The first-order valence-corrected chi connectivity index (χ1v) is 11.3. The van der Waals surface area contributed by atoms with Crippen LogP contribution in [0.4, 0.5) is 5.69 Å². The van der Waals surface area contributed by atoms with Gasteiger partial charge in [0.1, 0.15) is 21.5 Å². The Morgan fingerprint density at radius 2 is 1.79 bits per heavy atom. The Morgan fingerprint density at radius 1 is 1.12 bits per heavy atom. The molecule has 176 valence electrons. The lowest BCUT2D eigenvalue weighted by Gasteiger charge is -2.33. The van der Waals surface area contributed by atoms with E-state index in [1.165, 1.54) is 17.0 Å². The molecule has 0 aromatic heterocycles. The van der Waals surface area contributed by atoms with E-state index >= 15 is 0 Å². The van der Waals surface area contributed by atoms with Gasteiger partial charge in [-0.05, 0) is 36.8 Å². The smallest absolute Gasteiger partial charge is 0.271 e. The summed E-state index contributed by atoms with van der Waals surface area (Å²) in [6.45, 7) is 1.71. The Labute approximate surface area is 193 Å². The second kappa shape index (κ2) is 9.56. The SMILES string of the molecule is Cc1cc(Cl)cc(Oc2ccc([N+](=O)[O-])cc2S(=O)(=O)N2CCN(/C(N)=N/[N+](=O)[O-])CC2)c1. The van der Waals surface area contributed by atoms with Gasteiger partial charge < -0.3 is 15.4 Å². The number of nitro groups is 2. The summed E-state index contributed by atoms with van der Waals surface area (Å²) in [5.74, 6) is -0.189. The number of nitro benzene ring substituents is 1. The van der Waals surface area contributed by atoms with E-state index < -0.39 is 30.6 Å². The second-order valence-corrected chi connectivity index (χ2v) is 9.38. The van der Waals surface area contributed by atoms with E-state index in [0.717, 1.165) is 22.0 Å². The first kappa shape index (κ1) is 24.2. The summed E-state index contributed by atoms with van der Waals surface area (Å²) < 4.78 is 33.6. The number of hydrogen-bond donors (Lipinski definition) is 1. The largest absolute Gasteiger partial charge is 0.456 e. The second-order valence-electron chi connectivity index (χ2n) is 7.04. The van der Waals surface area contributed by atoms with Crippen molar-refractivity contribution in [2.45, 2.75) is 11.8 Å². The molecular formula is C18H19ClN6O7S. The Kier molecular flexibility index (Phi) is 7.00. The zero-order valence-electron chi connectivity index (χ0n) is 17.2. The van der Waals surface area contributed by atoms with Crippen molar-refractivity contribution in [1.82, 2.24) is 9.21 Å². The number of hydrazone groups is 1. The highest BCUT2D eigenvalue weighted by atomic mass is 35.5. The average Bonchev–Trinajstić information content (AvgIpc) is 2.72. The van der Waals surface area contributed by atoms with Gasteiger partial charge in [-0.2, -0.15) is 4.31 Å². The van der Waals surface area contributed by atoms with Crippen molar-refractivity contribution < 1.29 is 23.1 Å². The molecule has 33 heavy (non-hydrogen) atoms. The van der Waals surface area contributed by atoms with Crippen LogP contribution in [-0.4, -0.2) is 59.7 Å². The number of guanidine groups is 1. The van der Waals surface area contributed by atoms with Gasteiger partial charge in [0.05, 0.1) is 4.92 Å². The van der Waals surface area contributed by atoms with E-state index in [2.05, 4.69) is 5.10 Å². The molecule has 0 aliphatic carbocycles. The summed E-state index contributed by atoms with van der Waals surface area (Å²) in [5.41, 5.74) is 5.91. The molecule has 13 nitrogen and oxygen atoms in total. The van der Waals surface area contributed by atoms with Crippen molar-refractivity contribution in [3.8, 4) is 11.5 Å². The number of piperazine rings is 1. The molecule has 3 rings (SSSR count). The summed E-state index contributed by atoms with van der Waals surface area (Å²) in [6.07, 6.45) is 0. The molecular weight excluding hydrogens is 480 g/mol. The maximum atomic E-state index is 13.4. The molecule has 0 bridgehead atoms. The first-order valence-electron chi connectivity index (χ1n) is 9.44. The number of nitrogens with zero attached hydrogens (tertiary/aromatic N) is 5. The topological polar surface area (TPSA) is 175 Å². The highest BCUT2D eigenvalue weighted by molar-refractivity contribution is 7.89. The van der Waals surface area contributed by atoms with Crippen LogP contribution < -0.4 is 10.5 Å². The Hall–Kier alpha value is -3.49. The van der Waals surface area contributed by atoms with Crippen molar-refractivity contribution in [3.63, 3.8) is 0 Å². The standard InChI is InChI=1S/C18H19ClN6O7S/c1-12-8-13(19)10-15(9-12)32-16-3-2-14(24(26)27)11-17(16)33(30,31)23-6-4-22(5-7-23)18(20)21-25(28)29/h2-3,8-11H,4-7H2,1H3,(H2,20,21). The number of non-ortho nitro benzene ring substituents is 1. The molecule has 2 N–H and O–H groups in total. The lowest BCUT2D eigenvalue weighted by Crippen LogP contribution is -2.52. The number of halogens is 1. The molecule has 1 heterocycles. The van der Waals surface area contributed by atoms with Gasteiger partial charge >= 0.3 is 0 Å². The minimum Gasteiger partial charge on any atom is -0.456 e. The highest BCUT2D eigenvalue weighted by Crippen LogP contribution is 2.35. The van der Waals surface area contributed by atoms with Crippen LogP contribution in [0.15, 0.2) is 46.4 Å². The minimum atomic E-state index is -4.23. The Balaban J connectivity index is 1.93. The molecule has 0 spiro atoms. The summed E-state index contributed by atoms with van der Waals surface area (Å²) in [6, 6.07) is 8.09. The predicted octanol–water partition coefficient (Wildman–Crippen LogP) is 2.16. The van der Waals surface area contributed by atoms with E-state index in [4.69, 9.17) is 22.1 Å². The van der Waals surface area contributed by atoms with Crippen LogP contribution in [0.3, 0.4) is 0 Å². The van der Waals surface area contributed by atoms with Gasteiger partial charge in [0.15, 0.2) is 5.03 Å². The third-order valence-electron chi connectivity index (χ3n) is 4.75. The van der Waals surface area contributed by atoms with Crippen LogP contribution in [0.25, 0.3) is 0 Å². The fourth-order valence-corrected chi connectivity index (χ4v) is 5.06. The molecule has 0 amide bonds. The third-order valence-corrected chi connectivity index (χ3v) is 6.88. The third kappa shape index (κ3) is 5.66. The van der Waals surface area contributed by atoms with Crippen molar-refractivity contribution in [2.24, 2.45) is 10.8 Å².